The lowest BCUT2D eigenvalue weighted by molar-refractivity contribution is 0.620. The van der Waals surface area contributed by atoms with Crippen LogP contribution < -0.4 is 0 Å². The second-order valence-corrected chi connectivity index (χ2v) is 4.85. The van der Waals surface area contributed by atoms with Gasteiger partial charge in [-0.1, -0.05) is 41.4 Å². The molecule has 3 aromatic rings. The molecule has 0 spiro atoms. The minimum absolute atomic E-state index is 0.00709. The van der Waals surface area contributed by atoms with Gasteiger partial charge in [0, 0.05) is 16.5 Å². The molecule has 3 rings (SSSR count). The molecule has 0 N–H and O–H groups in total. The summed E-state index contributed by atoms with van der Waals surface area (Å²) in [6.07, 6.45) is 1.15. The smallest absolute Gasteiger partial charge is 0.159 e. The molecule has 100 valence electrons. The molecule has 0 amide bonds. The number of halogens is 4. The first-order valence-electron chi connectivity index (χ1n) is 5.62. The van der Waals surface area contributed by atoms with Crippen LogP contribution in [-0.2, 0) is 0 Å². The van der Waals surface area contributed by atoms with Crippen LogP contribution in [0.3, 0.4) is 0 Å². The third kappa shape index (κ3) is 2.01. The van der Waals surface area contributed by atoms with Crippen molar-refractivity contribution in [1.29, 1.82) is 0 Å². The van der Waals surface area contributed by atoms with Gasteiger partial charge in [0.15, 0.2) is 5.82 Å². The van der Waals surface area contributed by atoms with Crippen LogP contribution >= 0.6 is 23.2 Å². The lowest BCUT2D eigenvalue weighted by Crippen LogP contribution is -1.95. The Balaban J connectivity index is 2.41. The number of nitrogens with zero attached hydrogens (tertiary/aromatic N) is 2. The topological polar surface area (TPSA) is 25.8 Å². The third-order valence-corrected chi connectivity index (χ3v) is 3.52. The van der Waals surface area contributed by atoms with Crippen LogP contribution in [0.1, 0.15) is 0 Å². The summed E-state index contributed by atoms with van der Waals surface area (Å²) in [5, 5.41) is 0.435. The summed E-state index contributed by atoms with van der Waals surface area (Å²) in [7, 11) is 0. The van der Waals surface area contributed by atoms with E-state index in [9.17, 15) is 8.78 Å². The molecule has 0 saturated carbocycles. The van der Waals surface area contributed by atoms with E-state index < -0.39 is 11.6 Å². The average Bonchev–Trinajstić information content (AvgIpc) is 2.42. The summed E-state index contributed by atoms with van der Waals surface area (Å²) in [5.41, 5.74) is 0.0475. The molecule has 0 fully saturated rings. The number of hydrogen-bond acceptors (Lipinski definition) is 2. The molecule has 0 radical (unpaired) electrons. The molecule has 0 saturated heterocycles. The van der Waals surface area contributed by atoms with E-state index in [1.54, 1.807) is 6.07 Å². The molecule has 0 bridgehead atoms. The van der Waals surface area contributed by atoms with Crippen LogP contribution in [0.15, 0.2) is 36.7 Å². The number of hydrogen-bond donors (Lipinski definition) is 0. The SMILES string of the molecule is Fc1ccccc1-c1c(Cl)cc2c(Cl)ncnc2c1F. The third-order valence-electron chi connectivity index (χ3n) is 2.92. The van der Waals surface area contributed by atoms with E-state index in [1.165, 1.54) is 24.3 Å². The van der Waals surface area contributed by atoms with Gasteiger partial charge in [-0.15, -0.1) is 0 Å². The van der Waals surface area contributed by atoms with Gasteiger partial charge in [0.05, 0.1) is 5.02 Å². The van der Waals surface area contributed by atoms with Gasteiger partial charge in [0.1, 0.15) is 22.8 Å². The minimum atomic E-state index is -0.720. The summed E-state index contributed by atoms with van der Waals surface area (Å²) in [6.45, 7) is 0. The Morgan fingerprint density at radius 3 is 2.50 bits per heavy atom. The monoisotopic (exact) mass is 310 g/mol. The quantitative estimate of drug-likeness (QED) is 0.598. The van der Waals surface area contributed by atoms with Crippen LogP contribution in [0.25, 0.3) is 22.0 Å². The van der Waals surface area contributed by atoms with E-state index in [1.807, 2.05) is 0 Å². The number of aromatic nitrogens is 2. The van der Waals surface area contributed by atoms with Crippen LogP contribution in [0.4, 0.5) is 8.78 Å². The lowest BCUT2D eigenvalue weighted by atomic mass is 10.0. The normalized spacial score (nSPS) is 11.0. The van der Waals surface area contributed by atoms with Crippen molar-refractivity contribution < 1.29 is 8.78 Å². The molecule has 1 heterocycles. The molecular weight excluding hydrogens is 305 g/mol. The molecule has 0 aliphatic carbocycles. The van der Waals surface area contributed by atoms with E-state index in [0.717, 1.165) is 6.33 Å². The Morgan fingerprint density at radius 1 is 1.00 bits per heavy atom. The second kappa shape index (κ2) is 4.96. The molecule has 0 unspecified atom stereocenters. The second-order valence-electron chi connectivity index (χ2n) is 4.09. The first-order valence-corrected chi connectivity index (χ1v) is 6.38. The van der Waals surface area contributed by atoms with Gasteiger partial charge in [-0.25, -0.2) is 18.7 Å². The standard InChI is InChI=1S/C14H6Cl2F2N2/c15-9-5-8-13(19-6-20-14(8)16)12(18)11(9)7-3-1-2-4-10(7)17/h1-6H. The molecule has 6 heteroatoms. The summed E-state index contributed by atoms with van der Waals surface area (Å²) in [6, 6.07) is 7.25. The minimum Gasteiger partial charge on any atom is -0.233 e. The summed E-state index contributed by atoms with van der Waals surface area (Å²) in [5.74, 6) is -1.28. The number of rotatable bonds is 1. The van der Waals surface area contributed by atoms with Gasteiger partial charge in [0.2, 0.25) is 0 Å². The highest BCUT2D eigenvalue weighted by Crippen LogP contribution is 2.37. The Morgan fingerprint density at radius 2 is 1.75 bits per heavy atom. The van der Waals surface area contributed by atoms with Crippen LogP contribution in [0, 0.1) is 11.6 Å². The van der Waals surface area contributed by atoms with Crippen molar-refractivity contribution in [3.63, 3.8) is 0 Å². The Bertz CT molecular complexity index is 822. The Kier molecular flexibility index (Phi) is 3.28. The number of fused-ring (bicyclic) bond motifs is 1. The van der Waals surface area contributed by atoms with Gasteiger partial charge >= 0.3 is 0 Å². The van der Waals surface area contributed by atoms with Crippen molar-refractivity contribution in [1.82, 2.24) is 9.97 Å². The summed E-state index contributed by atoms with van der Waals surface area (Å²) in [4.78, 5) is 7.61. The highest BCUT2D eigenvalue weighted by atomic mass is 35.5. The van der Waals surface area contributed by atoms with E-state index in [4.69, 9.17) is 23.2 Å². The van der Waals surface area contributed by atoms with Gasteiger partial charge in [0.25, 0.3) is 0 Å². The molecule has 1 aromatic heterocycles. The maximum atomic E-state index is 14.6. The zero-order chi connectivity index (χ0) is 14.3. The van der Waals surface area contributed by atoms with E-state index in [2.05, 4.69) is 9.97 Å². The number of benzene rings is 2. The summed E-state index contributed by atoms with van der Waals surface area (Å²) < 4.78 is 28.4. The fourth-order valence-electron chi connectivity index (χ4n) is 2.01. The fraction of sp³-hybridized carbons (Fsp3) is 0. The molecule has 0 aliphatic rings. The predicted molar refractivity (Wildman–Crippen MR) is 74.9 cm³/mol. The van der Waals surface area contributed by atoms with Gasteiger partial charge in [-0.3, -0.25) is 0 Å². The first kappa shape index (κ1) is 13.2. The molecular formula is C14H6Cl2F2N2. The maximum absolute atomic E-state index is 14.6. The van der Waals surface area contributed by atoms with Gasteiger partial charge in [-0.05, 0) is 12.1 Å². The largest absolute Gasteiger partial charge is 0.233 e. The van der Waals surface area contributed by atoms with E-state index in [0.29, 0.717) is 0 Å². The van der Waals surface area contributed by atoms with Gasteiger partial charge in [-0.2, -0.15) is 0 Å². The zero-order valence-corrected chi connectivity index (χ0v) is 11.4. The van der Waals surface area contributed by atoms with E-state index in [-0.39, 0.29) is 32.2 Å². The lowest BCUT2D eigenvalue weighted by Gasteiger charge is -2.10. The van der Waals surface area contributed by atoms with Gasteiger partial charge < -0.3 is 0 Å². The van der Waals surface area contributed by atoms with E-state index >= 15 is 0 Å². The highest BCUT2D eigenvalue weighted by molar-refractivity contribution is 6.37. The molecule has 0 atom stereocenters. The molecule has 0 aliphatic heterocycles. The van der Waals surface area contributed by atoms with Crippen molar-refractivity contribution in [2.45, 2.75) is 0 Å². The average molecular weight is 311 g/mol. The molecule has 2 aromatic carbocycles. The van der Waals surface area contributed by atoms with Crippen molar-refractivity contribution in [3.05, 3.63) is 58.5 Å². The Hall–Kier alpha value is -1.78. The highest BCUT2D eigenvalue weighted by Gasteiger charge is 2.19. The molecule has 20 heavy (non-hydrogen) atoms. The van der Waals surface area contributed by atoms with Crippen molar-refractivity contribution in [2.75, 3.05) is 0 Å². The zero-order valence-electron chi connectivity index (χ0n) is 9.87. The molecule has 2 nitrogen and oxygen atoms in total. The van der Waals surface area contributed by atoms with Crippen molar-refractivity contribution >= 4 is 34.1 Å². The summed E-state index contributed by atoms with van der Waals surface area (Å²) >= 11 is 11.9. The fourth-order valence-corrected chi connectivity index (χ4v) is 2.49. The first-order chi connectivity index (χ1) is 9.59. The van der Waals surface area contributed by atoms with Crippen molar-refractivity contribution in [2.24, 2.45) is 0 Å². The van der Waals surface area contributed by atoms with Crippen LogP contribution in [0.2, 0.25) is 10.2 Å². The van der Waals surface area contributed by atoms with Crippen LogP contribution in [-0.4, -0.2) is 9.97 Å². The maximum Gasteiger partial charge on any atom is 0.159 e. The predicted octanol–water partition coefficient (Wildman–Crippen LogP) is 4.88. The Labute approximate surface area is 123 Å². The van der Waals surface area contributed by atoms with Crippen LogP contribution in [0.5, 0.6) is 0 Å². The van der Waals surface area contributed by atoms with Crippen molar-refractivity contribution in [3.8, 4) is 11.1 Å².